The second-order valence-corrected chi connectivity index (χ2v) is 7.83. The average molecular weight is 467 g/mol. The summed E-state index contributed by atoms with van der Waals surface area (Å²) in [6.07, 6.45) is 1.14. The highest BCUT2D eigenvalue weighted by atomic mass is 16.5. The maximum Gasteiger partial charge on any atom is 0.340 e. The van der Waals surface area contributed by atoms with Gasteiger partial charge in [0.2, 0.25) is 5.91 Å². The van der Waals surface area contributed by atoms with Gasteiger partial charge in [-0.2, -0.15) is 0 Å². The number of carbonyl (C=O) groups excluding carboxylic acids is 4. The third kappa shape index (κ3) is 4.66. The Morgan fingerprint density at radius 2 is 1.91 bits per heavy atom. The zero-order valence-electron chi connectivity index (χ0n) is 18.9. The van der Waals surface area contributed by atoms with Crippen molar-refractivity contribution in [2.75, 3.05) is 24.7 Å². The Morgan fingerprint density at radius 1 is 1.12 bits per heavy atom. The molecule has 0 aliphatic carbocycles. The number of hydrogen-bond acceptors (Lipinski definition) is 7. The molecule has 0 spiro atoms. The molecule has 10 nitrogen and oxygen atoms in total. The van der Waals surface area contributed by atoms with E-state index >= 15 is 0 Å². The molecule has 0 radical (unpaired) electrons. The van der Waals surface area contributed by atoms with E-state index in [2.05, 4.69) is 10.6 Å². The number of urea groups is 1. The summed E-state index contributed by atoms with van der Waals surface area (Å²) in [6.45, 7) is 3.65. The summed E-state index contributed by atoms with van der Waals surface area (Å²) in [6, 6.07) is 8.53. The number of furan rings is 1. The first kappa shape index (κ1) is 23.1. The van der Waals surface area contributed by atoms with E-state index in [1.165, 1.54) is 0 Å². The van der Waals surface area contributed by atoms with Gasteiger partial charge >= 0.3 is 18.0 Å². The van der Waals surface area contributed by atoms with Crippen LogP contribution >= 0.6 is 0 Å². The molecule has 10 heteroatoms. The maximum absolute atomic E-state index is 13.0. The number of ether oxygens (including phenoxy) is 2. The van der Waals surface area contributed by atoms with E-state index in [4.69, 9.17) is 13.9 Å². The van der Waals surface area contributed by atoms with Crippen LogP contribution in [0.1, 0.15) is 47.7 Å². The van der Waals surface area contributed by atoms with E-state index in [1.807, 2.05) is 0 Å². The first-order valence-corrected chi connectivity index (χ1v) is 11.0. The van der Waals surface area contributed by atoms with Crippen LogP contribution in [0.25, 0.3) is 0 Å². The molecule has 2 aromatic rings. The van der Waals surface area contributed by atoms with Crippen LogP contribution in [0.5, 0.6) is 0 Å². The van der Waals surface area contributed by atoms with E-state index in [1.54, 1.807) is 55.1 Å². The molecule has 34 heavy (non-hydrogen) atoms. The monoisotopic (exact) mass is 467 g/mol. The fourth-order valence-electron chi connectivity index (χ4n) is 4.00. The Kier molecular flexibility index (Phi) is 6.67. The molecule has 2 N–H and O–H groups in total. The highest BCUT2D eigenvalue weighted by Gasteiger charge is 2.36. The number of esters is 2. The molecule has 0 saturated carbocycles. The number of carbonyl (C=O) groups is 4. The minimum absolute atomic E-state index is 0.0604. The predicted molar refractivity (Wildman–Crippen MR) is 120 cm³/mol. The third-order valence-electron chi connectivity index (χ3n) is 5.53. The van der Waals surface area contributed by atoms with Gasteiger partial charge in [0.15, 0.2) is 0 Å². The fraction of sp³-hybridized carbons (Fsp3) is 0.333. The van der Waals surface area contributed by atoms with Crippen molar-refractivity contribution in [2.45, 2.75) is 32.7 Å². The zero-order chi connectivity index (χ0) is 24.2. The summed E-state index contributed by atoms with van der Waals surface area (Å²) in [5, 5.41) is 5.19. The van der Waals surface area contributed by atoms with Crippen LogP contribution in [0.15, 0.2) is 52.1 Å². The Balaban J connectivity index is 1.62. The molecule has 1 aromatic carbocycles. The van der Waals surface area contributed by atoms with Crippen molar-refractivity contribution in [1.82, 2.24) is 10.6 Å². The van der Waals surface area contributed by atoms with E-state index in [0.29, 0.717) is 36.6 Å². The lowest BCUT2D eigenvalue weighted by atomic mass is 10.0. The first-order valence-electron chi connectivity index (χ1n) is 11.0. The number of amides is 3. The van der Waals surface area contributed by atoms with Crippen LogP contribution in [-0.4, -0.2) is 43.6 Å². The Morgan fingerprint density at radius 3 is 2.59 bits per heavy atom. The number of benzene rings is 1. The summed E-state index contributed by atoms with van der Waals surface area (Å²) in [5.41, 5.74) is 0.846. The van der Waals surface area contributed by atoms with Crippen molar-refractivity contribution in [3.8, 4) is 0 Å². The highest BCUT2D eigenvalue weighted by Crippen LogP contribution is 2.30. The quantitative estimate of drug-likeness (QED) is 0.600. The van der Waals surface area contributed by atoms with Gasteiger partial charge in [-0.05, 0) is 44.5 Å². The van der Waals surface area contributed by atoms with E-state index < -0.39 is 30.6 Å². The van der Waals surface area contributed by atoms with Crippen LogP contribution in [0, 0.1) is 6.92 Å². The smallest absolute Gasteiger partial charge is 0.340 e. The SMILES string of the molecule is CCOC(=O)C1=C(COC(=O)c2ccccc2N2CCCC2=O)NC(=O)NC1c1ccc(C)o1. The van der Waals surface area contributed by atoms with Gasteiger partial charge in [0.25, 0.3) is 0 Å². The fourth-order valence-corrected chi connectivity index (χ4v) is 4.00. The van der Waals surface area contributed by atoms with Gasteiger partial charge in [0, 0.05) is 13.0 Å². The molecule has 1 aromatic heterocycles. The molecule has 3 heterocycles. The lowest BCUT2D eigenvalue weighted by molar-refractivity contribution is -0.139. The molecule has 1 saturated heterocycles. The lowest BCUT2D eigenvalue weighted by Gasteiger charge is -2.27. The minimum atomic E-state index is -0.912. The topological polar surface area (TPSA) is 127 Å². The largest absolute Gasteiger partial charge is 0.464 e. The average Bonchev–Trinajstić information content (AvgIpc) is 3.45. The molecule has 1 atom stereocenters. The number of anilines is 1. The second-order valence-electron chi connectivity index (χ2n) is 7.83. The first-order chi connectivity index (χ1) is 16.4. The molecular formula is C24H25N3O7. The number of para-hydroxylation sites is 1. The summed E-state index contributed by atoms with van der Waals surface area (Å²) < 4.78 is 16.3. The second kappa shape index (κ2) is 9.82. The molecular weight excluding hydrogens is 442 g/mol. The molecule has 2 aliphatic rings. The summed E-state index contributed by atoms with van der Waals surface area (Å²) in [5.74, 6) is -0.480. The highest BCUT2D eigenvalue weighted by molar-refractivity contribution is 6.03. The normalized spacial score (nSPS) is 17.9. The Hall–Kier alpha value is -4.08. The van der Waals surface area contributed by atoms with Gasteiger partial charge in [0.05, 0.1) is 29.1 Å². The lowest BCUT2D eigenvalue weighted by Crippen LogP contribution is -2.47. The number of nitrogens with one attached hydrogen (secondary N) is 2. The molecule has 1 unspecified atom stereocenters. The van der Waals surface area contributed by atoms with Crippen LogP contribution in [0.2, 0.25) is 0 Å². The molecule has 1 fully saturated rings. The van der Waals surface area contributed by atoms with Crippen LogP contribution in [0.3, 0.4) is 0 Å². The van der Waals surface area contributed by atoms with Crippen molar-refractivity contribution < 1.29 is 33.1 Å². The van der Waals surface area contributed by atoms with Gasteiger partial charge in [-0.25, -0.2) is 14.4 Å². The molecule has 4 rings (SSSR count). The van der Waals surface area contributed by atoms with Crippen LogP contribution in [-0.2, 0) is 19.1 Å². The van der Waals surface area contributed by atoms with Crippen molar-refractivity contribution in [2.24, 2.45) is 0 Å². The summed E-state index contributed by atoms with van der Waals surface area (Å²) in [7, 11) is 0. The maximum atomic E-state index is 13.0. The van der Waals surface area contributed by atoms with Crippen molar-refractivity contribution >= 4 is 29.6 Å². The van der Waals surface area contributed by atoms with E-state index in [9.17, 15) is 19.2 Å². The van der Waals surface area contributed by atoms with Gasteiger partial charge in [-0.1, -0.05) is 12.1 Å². The zero-order valence-corrected chi connectivity index (χ0v) is 18.9. The van der Waals surface area contributed by atoms with Crippen molar-refractivity contribution in [3.05, 3.63) is 64.8 Å². The van der Waals surface area contributed by atoms with E-state index in [0.717, 1.165) is 0 Å². The van der Waals surface area contributed by atoms with E-state index in [-0.39, 0.29) is 29.3 Å². The molecule has 3 amide bonds. The Bertz CT molecular complexity index is 1170. The van der Waals surface area contributed by atoms with Crippen LogP contribution in [0.4, 0.5) is 10.5 Å². The van der Waals surface area contributed by atoms with Gasteiger partial charge < -0.3 is 29.4 Å². The number of aryl methyl sites for hydroxylation is 1. The van der Waals surface area contributed by atoms with Crippen LogP contribution < -0.4 is 15.5 Å². The predicted octanol–water partition coefficient (Wildman–Crippen LogP) is 2.74. The van der Waals surface area contributed by atoms with Gasteiger partial charge in [-0.3, -0.25) is 4.79 Å². The number of rotatable bonds is 7. The van der Waals surface area contributed by atoms with Gasteiger partial charge in [-0.15, -0.1) is 0 Å². The number of hydrogen-bond donors (Lipinski definition) is 2. The molecule has 178 valence electrons. The third-order valence-corrected chi connectivity index (χ3v) is 5.53. The van der Waals surface area contributed by atoms with Crippen molar-refractivity contribution in [1.29, 1.82) is 0 Å². The molecule has 0 bridgehead atoms. The van der Waals surface area contributed by atoms with Crippen molar-refractivity contribution in [3.63, 3.8) is 0 Å². The minimum Gasteiger partial charge on any atom is -0.464 e. The Labute approximate surface area is 195 Å². The van der Waals surface area contributed by atoms with Gasteiger partial charge in [0.1, 0.15) is 24.2 Å². The summed E-state index contributed by atoms with van der Waals surface area (Å²) >= 11 is 0. The molecule has 2 aliphatic heterocycles. The number of nitrogens with zero attached hydrogens (tertiary/aromatic N) is 1. The standard InChI is InChI=1S/C24H25N3O7/c1-3-32-23(30)20-16(25-24(31)26-21(20)18-11-10-14(2)34-18)13-33-22(29)15-7-4-5-8-17(15)27-12-6-9-19(27)28/h4-5,7-8,10-11,21H,3,6,9,12-13H2,1-2H3,(H2,25,26,31). The summed E-state index contributed by atoms with van der Waals surface area (Å²) in [4.78, 5) is 51.8.